The third-order valence-corrected chi connectivity index (χ3v) is 5.15. The average molecular weight is 401 g/mol. The van der Waals surface area contributed by atoms with Gasteiger partial charge in [-0.25, -0.2) is 9.97 Å². The first-order valence-electron chi connectivity index (χ1n) is 8.18. The van der Waals surface area contributed by atoms with Crippen molar-refractivity contribution in [2.45, 2.75) is 19.9 Å². The molecule has 1 aliphatic rings. The van der Waals surface area contributed by atoms with E-state index in [2.05, 4.69) is 20.3 Å². The lowest BCUT2D eigenvalue weighted by atomic mass is 10.1. The number of aromatic nitrogens is 5. The van der Waals surface area contributed by atoms with Gasteiger partial charge < -0.3 is 4.90 Å². The maximum Gasteiger partial charge on any atom is 0.259 e. The highest BCUT2D eigenvalue weighted by atomic mass is 35.5. The Hall–Kier alpha value is -2.77. The van der Waals surface area contributed by atoms with E-state index in [0.29, 0.717) is 22.2 Å². The normalized spacial score (nSPS) is 15.7. The largest absolute Gasteiger partial charge is 0.306 e. The summed E-state index contributed by atoms with van der Waals surface area (Å²) in [5.41, 5.74) is 2.53. The Morgan fingerprint density at radius 1 is 1.22 bits per heavy atom. The van der Waals surface area contributed by atoms with Gasteiger partial charge in [0.05, 0.1) is 27.3 Å². The lowest BCUT2D eigenvalue weighted by Gasteiger charge is -2.28. The van der Waals surface area contributed by atoms with Gasteiger partial charge in [-0.15, -0.1) is 5.10 Å². The quantitative estimate of drug-likeness (QED) is 0.652. The van der Waals surface area contributed by atoms with Crippen molar-refractivity contribution in [2.75, 3.05) is 0 Å². The van der Waals surface area contributed by atoms with Gasteiger partial charge in [-0.3, -0.25) is 4.79 Å². The van der Waals surface area contributed by atoms with Crippen molar-refractivity contribution < 1.29 is 4.79 Å². The van der Waals surface area contributed by atoms with Gasteiger partial charge in [0.25, 0.3) is 11.9 Å². The predicted molar refractivity (Wildman–Crippen MR) is 102 cm³/mol. The Bertz CT molecular complexity index is 1080. The fourth-order valence-electron chi connectivity index (χ4n) is 2.90. The van der Waals surface area contributed by atoms with E-state index in [0.717, 1.165) is 11.4 Å². The second-order valence-corrected chi connectivity index (χ2v) is 6.86. The van der Waals surface area contributed by atoms with Gasteiger partial charge in [-0.05, 0) is 38.1 Å². The van der Waals surface area contributed by atoms with Gasteiger partial charge in [0.1, 0.15) is 5.69 Å². The second-order valence-electron chi connectivity index (χ2n) is 6.08. The number of fused-ring (bicyclic) bond motifs is 1. The highest BCUT2D eigenvalue weighted by molar-refractivity contribution is 6.43. The van der Waals surface area contributed by atoms with Crippen LogP contribution in [0.5, 0.6) is 0 Å². The molecule has 0 aliphatic carbocycles. The number of benzene rings is 1. The molecule has 1 aliphatic heterocycles. The van der Waals surface area contributed by atoms with E-state index in [1.807, 2.05) is 13.8 Å². The van der Waals surface area contributed by atoms with E-state index < -0.39 is 0 Å². The van der Waals surface area contributed by atoms with Crippen molar-refractivity contribution in [3.63, 3.8) is 0 Å². The molecule has 3 aromatic rings. The lowest BCUT2D eigenvalue weighted by Crippen LogP contribution is -2.31. The smallest absolute Gasteiger partial charge is 0.259 e. The molecule has 1 unspecified atom stereocenters. The average Bonchev–Trinajstić information content (AvgIpc) is 3.09. The van der Waals surface area contributed by atoms with E-state index in [9.17, 15) is 4.79 Å². The predicted octanol–water partition coefficient (Wildman–Crippen LogP) is 3.86. The summed E-state index contributed by atoms with van der Waals surface area (Å²) in [4.78, 5) is 23.1. The molecule has 1 aromatic carbocycles. The molecule has 0 spiro atoms. The molecule has 0 saturated heterocycles. The number of carbonyl (C=O) groups excluding carboxylic acids is 1. The van der Waals surface area contributed by atoms with Crippen LogP contribution in [0.2, 0.25) is 10.0 Å². The first kappa shape index (κ1) is 17.6. The van der Waals surface area contributed by atoms with Crippen molar-refractivity contribution in [3.8, 4) is 5.95 Å². The van der Waals surface area contributed by atoms with Crippen molar-refractivity contribution in [2.24, 2.45) is 0 Å². The zero-order valence-electron chi connectivity index (χ0n) is 14.5. The Labute approximate surface area is 165 Å². The third kappa shape index (κ3) is 2.98. The van der Waals surface area contributed by atoms with Crippen LogP contribution in [-0.4, -0.2) is 35.8 Å². The number of aryl methyl sites for hydroxylation is 1. The summed E-state index contributed by atoms with van der Waals surface area (Å²) < 4.78 is 1.56. The summed E-state index contributed by atoms with van der Waals surface area (Å²) in [6.45, 7) is 3.75. The maximum absolute atomic E-state index is 13.0. The first-order chi connectivity index (χ1) is 13.0. The van der Waals surface area contributed by atoms with E-state index in [1.165, 1.54) is 0 Å². The van der Waals surface area contributed by atoms with Crippen LogP contribution in [-0.2, 0) is 0 Å². The Morgan fingerprint density at radius 2 is 2.04 bits per heavy atom. The molecule has 0 bridgehead atoms. The molecule has 1 atom stereocenters. The highest BCUT2D eigenvalue weighted by Crippen LogP contribution is 2.33. The summed E-state index contributed by atoms with van der Waals surface area (Å²) in [5.74, 6) is 0.163. The van der Waals surface area contributed by atoms with Crippen LogP contribution in [0.25, 0.3) is 12.0 Å². The summed E-state index contributed by atoms with van der Waals surface area (Å²) >= 11 is 12.2. The van der Waals surface area contributed by atoms with E-state index >= 15 is 0 Å². The summed E-state index contributed by atoms with van der Waals surface area (Å²) in [7, 11) is 0. The molecule has 0 fully saturated rings. The minimum atomic E-state index is -0.342. The van der Waals surface area contributed by atoms with Crippen LogP contribution in [0.1, 0.15) is 40.4 Å². The van der Waals surface area contributed by atoms with Gasteiger partial charge in [0.15, 0.2) is 0 Å². The minimum Gasteiger partial charge on any atom is -0.306 e. The lowest BCUT2D eigenvalue weighted by molar-refractivity contribution is 0.0774. The fourth-order valence-corrected chi connectivity index (χ4v) is 3.28. The van der Waals surface area contributed by atoms with Gasteiger partial charge >= 0.3 is 0 Å². The monoisotopic (exact) mass is 400 g/mol. The van der Waals surface area contributed by atoms with Crippen LogP contribution >= 0.6 is 23.2 Å². The number of rotatable bonds is 2. The molecule has 2 aromatic heterocycles. The Morgan fingerprint density at radius 3 is 2.81 bits per heavy atom. The molecule has 0 N–H and O–H groups in total. The molecule has 27 heavy (non-hydrogen) atoms. The molecule has 4 rings (SSSR count). The first-order valence-corrected chi connectivity index (χ1v) is 8.93. The maximum atomic E-state index is 13.0. The second kappa shape index (κ2) is 6.75. The number of halogens is 2. The number of hydrogen-bond acceptors (Lipinski definition) is 5. The third-order valence-electron chi connectivity index (χ3n) is 4.33. The van der Waals surface area contributed by atoms with Crippen LogP contribution in [0.3, 0.4) is 0 Å². The van der Waals surface area contributed by atoms with Crippen LogP contribution in [0.4, 0.5) is 0 Å². The van der Waals surface area contributed by atoms with Crippen molar-refractivity contribution in [3.05, 3.63) is 69.4 Å². The van der Waals surface area contributed by atoms with E-state index in [1.54, 1.807) is 52.3 Å². The molecule has 1 amide bonds. The van der Waals surface area contributed by atoms with Crippen molar-refractivity contribution >= 4 is 35.2 Å². The van der Waals surface area contributed by atoms with Gasteiger partial charge in [0.2, 0.25) is 0 Å². The van der Waals surface area contributed by atoms with E-state index in [-0.39, 0.29) is 17.0 Å². The number of carbonyl (C=O) groups is 1. The Kier molecular flexibility index (Phi) is 4.41. The molecule has 9 heteroatoms. The molecule has 136 valence electrons. The number of nitrogens with zero attached hydrogens (tertiary/aromatic N) is 6. The molecule has 0 radical (unpaired) electrons. The summed E-state index contributed by atoms with van der Waals surface area (Å²) in [6.07, 6.45) is 5.11. The fraction of sp³-hybridized carbons (Fsp3) is 0.167. The van der Waals surface area contributed by atoms with Crippen LogP contribution < -0.4 is 0 Å². The zero-order chi connectivity index (χ0) is 19.1. The van der Waals surface area contributed by atoms with Gasteiger partial charge in [-0.2, -0.15) is 4.68 Å². The standard InChI is InChI=1S/C18H14Cl2N6O/c1-10-6-8-21-18(22-10)26-14-7-9-25(11(2)16(14)23-24-26)17(27)12-4-3-5-13(19)15(12)20/h3-9,11H,1-2H3. The van der Waals surface area contributed by atoms with Crippen LogP contribution in [0.15, 0.2) is 36.7 Å². The minimum absolute atomic E-state index is 0.229. The van der Waals surface area contributed by atoms with Gasteiger partial charge in [0, 0.05) is 18.1 Å². The molecule has 0 saturated carbocycles. The van der Waals surface area contributed by atoms with Crippen LogP contribution in [0, 0.1) is 6.92 Å². The topological polar surface area (TPSA) is 76.8 Å². The molecular weight excluding hydrogens is 387 g/mol. The highest BCUT2D eigenvalue weighted by Gasteiger charge is 2.31. The molecular formula is C18H14Cl2N6O. The SMILES string of the molecule is Cc1ccnc(-n2nnc3c2C=CN(C(=O)c2cccc(Cl)c2Cl)C3C)n1. The summed E-state index contributed by atoms with van der Waals surface area (Å²) in [6, 6.07) is 6.44. The number of hydrogen-bond donors (Lipinski definition) is 0. The zero-order valence-corrected chi connectivity index (χ0v) is 16.0. The number of amides is 1. The molecule has 7 nitrogen and oxygen atoms in total. The molecule has 3 heterocycles. The van der Waals surface area contributed by atoms with E-state index in [4.69, 9.17) is 23.2 Å². The van der Waals surface area contributed by atoms with Gasteiger partial charge in [-0.1, -0.05) is 34.5 Å². The van der Waals surface area contributed by atoms with Crippen molar-refractivity contribution in [1.82, 2.24) is 29.9 Å². The Balaban J connectivity index is 1.71. The summed E-state index contributed by atoms with van der Waals surface area (Å²) in [5, 5.41) is 8.96. The van der Waals surface area contributed by atoms with Crippen molar-refractivity contribution in [1.29, 1.82) is 0 Å².